The molecule has 0 unspecified atom stereocenters. The van der Waals surface area contributed by atoms with Gasteiger partial charge in [-0.05, 0) is 86.3 Å². The van der Waals surface area contributed by atoms with Gasteiger partial charge < -0.3 is 19.9 Å². The molecule has 7 nitrogen and oxygen atoms in total. The zero-order chi connectivity index (χ0) is 25.8. The molecule has 1 aliphatic heterocycles. The van der Waals surface area contributed by atoms with Crippen LogP contribution in [0.15, 0.2) is 54.6 Å². The van der Waals surface area contributed by atoms with Gasteiger partial charge in [-0.15, -0.1) is 10.2 Å². The van der Waals surface area contributed by atoms with Gasteiger partial charge in [-0.3, -0.25) is 0 Å². The largest absolute Gasteiger partial charge is 0.493 e. The first-order chi connectivity index (χ1) is 18.0. The molecule has 3 aromatic carbocycles. The third-order valence-electron chi connectivity index (χ3n) is 7.09. The van der Waals surface area contributed by atoms with Crippen molar-refractivity contribution in [2.24, 2.45) is 0 Å². The zero-order valence-corrected chi connectivity index (χ0v) is 22.3. The molecule has 1 aromatic heterocycles. The number of fused-ring (bicyclic) bond motifs is 1. The van der Waals surface area contributed by atoms with Crippen molar-refractivity contribution in [3.05, 3.63) is 71.3 Å². The van der Waals surface area contributed by atoms with Crippen LogP contribution in [0.3, 0.4) is 0 Å². The molecule has 192 valence electrons. The van der Waals surface area contributed by atoms with Crippen LogP contribution >= 0.6 is 0 Å². The van der Waals surface area contributed by atoms with Crippen LogP contribution in [0, 0.1) is 20.8 Å². The van der Waals surface area contributed by atoms with E-state index in [0.717, 1.165) is 72.7 Å². The fourth-order valence-electron chi connectivity index (χ4n) is 5.02. The Labute approximate surface area is 219 Å². The maximum absolute atomic E-state index is 6.03. The lowest BCUT2D eigenvalue weighted by Gasteiger charge is -2.32. The van der Waals surface area contributed by atoms with E-state index in [4.69, 9.17) is 9.72 Å². The van der Waals surface area contributed by atoms with Crippen molar-refractivity contribution in [2.75, 3.05) is 51.7 Å². The Morgan fingerprint density at radius 2 is 1.62 bits per heavy atom. The Bertz CT molecular complexity index is 1360. The van der Waals surface area contributed by atoms with Crippen molar-refractivity contribution in [3.8, 4) is 16.9 Å². The molecule has 0 amide bonds. The van der Waals surface area contributed by atoms with Crippen molar-refractivity contribution >= 4 is 22.7 Å². The van der Waals surface area contributed by atoms with Crippen molar-refractivity contribution in [2.45, 2.75) is 27.2 Å². The summed E-state index contributed by atoms with van der Waals surface area (Å²) in [4.78, 5) is 9.67. The van der Waals surface area contributed by atoms with Gasteiger partial charge in [0.15, 0.2) is 0 Å². The Morgan fingerprint density at radius 1 is 0.865 bits per heavy atom. The maximum atomic E-state index is 6.03. The van der Waals surface area contributed by atoms with E-state index in [1.54, 1.807) is 0 Å². The number of rotatable bonds is 8. The molecule has 0 saturated carbocycles. The van der Waals surface area contributed by atoms with Gasteiger partial charge in [-0.1, -0.05) is 24.3 Å². The monoisotopic (exact) mass is 496 g/mol. The minimum Gasteiger partial charge on any atom is -0.493 e. The normalized spacial score (nSPS) is 14.7. The van der Waals surface area contributed by atoms with Crippen molar-refractivity contribution in [1.29, 1.82) is 0 Å². The molecule has 1 aliphatic rings. The van der Waals surface area contributed by atoms with E-state index in [9.17, 15) is 0 Å². The summed E-state index contributed by atoms with van der Waals surface area (Å²) in [6.45, 7) is 12.7. The number of likely N-dealkylation sites (N-methyl/N-ethyl adjacent to an activating group) is 1. The quantitative estimate of drug-likeness (QED) is 0.329. The van der Waals surface area contributed by atoms with Gasteiger partial charge in [-0.2, -0.15) is 0 Å². The maximum Gasteiger partial charge on any atom is 0.247 e. The third-order valence-corrected chi connectivity index (χ3v) is 7.09. The molecule has 4 aromatic rings. The number of nitrogens with zero attached hydrogens (tertiary/aromatic N) is 5. The Kier molecular flexibility index (Phi) is 7.63. The molecule has 0 radical (unpaired) electrons. The van der Waals surface area contributed by atoms with Gasteiger partial charge in [0.2, 0.25) is 5.95 Å². The van der Waals surface area contributed by atoms with Gasteiger partial charge in [0, 0.05) is 44.5 Å². The van der Waals surface area contributed by atoms with Crippen molar-refractivity contribution in [3.63, 3.8) is 0 Å². The summed E-state index contributed by atoms with van der Waals surface area (Å²) in [6, 6.07) is 18.6. The number of aryl methyl sites for hydroxylation is 3. The summed E-state index contributed by atoms with van der Waals surface area (Å²) in [5.74, 6) is 1.31. The second-order valence-electron chi connectivity index (χ2n) is 10.1. The number of aromatic nitrogens is 3. The topological polar surface area (TPSA) is 66.4 Å². The molecule has 0 spiro atoms. The molecule has 37 heavy (non-hydrogen) atoms. The number of hydrogen-bond donors (Lipinski definition) is 1. The number of benzene rings is 3. The van der Waals surface area contributed by atoms with Crippen molar-refractivity contribution in [1.82, 2.24) is 25.0 Å². The predicted molar refractivity (Wildman–Crippen MR) is 151 cm³/mol. The van der Waals surface area contributed by atoms with Gasteiger partial charge >= 0.3 is 0 Å². The molecule has 1 fully saturated rings. The van der Waals surface area contributed by atoms with E-state index in [1.807, 2.05) is 24.3 Å². The van der Waals surface area contributed by atoms with Crippen LogP contribution in [0.5, 0.6) is 5.75 Å². The first-order valence-corrected chi connectivity index (χ1v) is 13.1. The molecule has 7 heteroatoms. The van der Waals surface area contributed by atoms with Crippen LogP contribution in [0.1, 0.15) is 23.1 Å². The molecule has 2 heterocycles. The molecule has 0 atom stereocenters. The lowest BCUT2D eigenvalue weighted by molar-refractivity contribution is 0.145. The Hall–Kier alpha value is -3.55. The summed E-state index contributed by atoms with van der Waals surface area (Å²) >= 11 is 0. The highest BCUT2D eigenvalue weighted by atomic mass is 16.5. The van der Waals surface area contributed by atoms with E-state index >= 15 is 0 Å². The lowest BCUT2D eigenvalue weighted by atomic mass is 9.94. The van der Waals surface area contributed by atoms with Crippen LogP contribution in [0.2, 0.25) is 0 Å². The van der Waals surface area contributed by atoms with Gasteiger partial charge in [-0.25, -0.2) is 4.98 Å². The number of ether oxygens (including phenoxy) is 1. The fraction of sp³-hybridized carbons (Fsp3) is 0.367. The second kappa shape index (κ2) is 11.2. The Balaban J connectivity index is 1.24. The molecule has 1 saturated heterocycles. The van der Waals surface area contributed by atoms with E-state index in [1.165, 1.54) is 16.7 Å². The fourth-order valence-corrected chi connectivity index (χ4v) is 5.02. The van der Waals surface area contributed by atoms with E-state index < -0.39 is 0 Å². The predicted octanol–water partition coefficient (Wildman–Crippen LogP) is 5.38. The summed E-state index contributed by atoms with van der Waals surface area (Å²) < 4.78 is 6.03. The summed E-state index contributed by atoms with van der Waals surface area (Å²) in [6.07, 6.45) is 1.02. The van der Waals surface area contributed by atoms with Crippen molar-refractivity contribution < 1.29 is 4.74 Å². The smallest absolute Gasteiger partial charge is 0.247 e. The van der Waals surface area contributed by atoms with E-state index in [0.29, 0.717) is 12.6 Å². The summed E-state index contributed by atoms with van der Waals surface area (Å²) in [5, 5.41) is 12.2. The standard InChI is InChI=1S/C30H36N6O/c1-21-8-5-9-22(2)28(21)24-18-23(3)29-27(19-24)33-34-30(32-29)31-25-10-6-11-26(20-25)37-17-7-12-36-15-13-35(4)14-16-36/h5-6,8-11,18-20H,7,12-17H2,1-4H3,(H,31,32,34). The summed E-state index contributed by atoms with van der Waals surface area (Å²) in [5.41, 5.74) is 8.49. The highest BCUT2D eigenvalue weighted by Gasteiger charge is 2.13. The average molecular weight is 497 g/mol. The molecule has 0 bridgehead atoms. The molecule has 1 N–H and O–H groups in total. The minimum atomic E-state index is 0.475. The second-order valence-corrected chi connectivity index (χ2v) is 10.1. The zero-order valence-electron chi connectivity index (χ0n) is 22.3. The SMILES string of the molecule is Cc1cccc(C)c1-c1cc(C)c2nc(Nc3cccc(OCCCN4CCN(C)CC4)c3)nnc2c1. The molecule has 5 rings (SSSR count). The van der Waals surface area contributed by atoms with Gasteiger partial charge in [0.1, 0.15) is 11.3 Å². The van der Waals surface area contributed by atoms with Crippen LogP contribution in [0.4, 0.5) is 11.6 Å². The molecular weight excluding hydrogens is 460 g/mol. The molecule has 0 aliphatic carbocycles. The lowest BCUT2D eigenvalue weighted by Crippen LogP contribution is -2.44. The van der Waals surface area contributed by atoms with Crippen LogP contribution in [-0.2, 0) is 0 Å². The van der Waals surface area contributed by atoms with E-state index in [-0.39, 0.29) is 0 Å². The first-order valence-electron chi connectivity index (χ1n) is 13.1. The first kappa shape index (κ1) is 25.1. The average Bonchev–Trinajstić information content (AvgIpc) is 2.88. The summed E-state index contributed by atoms with van der Waals surface area (Å²) in [7, 11) is 2.19. The number of hydrogen-bond acceptors (Lipinski definition) is 7. The number of piperazine rings is 1. The van der Waals surface area contributed by atoms with Crippen LogP contribution < -0.4 is 10.1 Å². The van der Waals surface area contributed by atoms with Gasteiger partial charge in [0.25, 0.3) is 0 Å². The van der Waals surface area contributed by atoms with E-state index in [2.05, 4.69) is 83.5 Å². The minimum absolute atomic E-state index is 0.475. The van der Waals surface area contributed by atoms with Gasteiger partial charge in [0.05, 0.1) is 12.1 Å². The van der Waals surface area contributed by atoms with Crippen LogP contribution in [-0.4, -0.2) is 71.4 Å². The number of nitrogens with one attached hydrogen (secondary N) is 1. The third kappa shape index (κ3) is 6.06. The highest BCUT2D eigenvalue weighted by molar-refractivity contribution is 5.86. The highest BCUT2D eigenvalue weighted by Crippen LogP contribution is 2.31. The Morgan fingerprint density at radius 3 is 2.41 bits per heavy atom. The van der Waals surface area contributed by atoms with Crippen LogP contribution in [0.25, 0.3) is 22.2 Å². The number of anilines is 2. The molecular formula is C30H36N6O.